The number of likely N-dealkylation sites (tertiary alicyclic amines) is 1. The van der Waals surface area contributed by atoms with Crippen LogP contribution in [0.1, 0.15) is 17.7 Å². The number of hydrogen-bond acceptors (Lipinski definition) is 3. The summed E-state index contributed by atoms with van der Waals surface area (Å²) >= 11 is 0. The fraction of sp³-hybridized carbons (Fsp3) is 0.455. The third-order valence-corrected chi connectivity index (χ3v) is 2.54. The number of pyridine rings is 1. The summed E-state index contributed by atoms with van der Waals surface area (Å²) in [6.07, 6.45) is 1.52. The van der Waals surface area contributed by atoms with Gasteiger partial charge in [0.1, 0.15) is 0 Å². The Morgan fingerprint density at radius 1 is 1.60 bits per heavy atom. The molecule has 0 aromatic carbocycles. The number of carbonyl (C=O) groups excluding carboxylic acids is 1. The van der Waals surface area contributed by atoms with Crippen molar-refractivity contribution in [1.29, 1.82) is 0 Å². The molecule has 0 saturated carbocycles. The second-order valence-corrected chi connectivity index (χ2v) is 3.94. The van der Waals surface area contributed by atoms with E-state index in [9.17, 15) is 9.90 Å². The Balaban J connectivity index is 2.03. The van der Waals surface area contributed by atoms with Gasteiger partial charge >= 0.3 is 0 Å². The molecule has 4 nitrogen and oxygen atoms in total. The van der Waals surface area contributed by atoms with Crippen LogP contribution in [0, 0.1) is 6.92 Å². The van der Waals surface area contributed by atoms with Gasteiger partial charge in [-0.3, -0.25) is 9.78 Å². The molecule has 0 radical (unpaired) electrons. The number of rotatable bonds is 2. The van der Waals surface area contributed by atoms with Crippen molar-refractivity contribution in [3.63, 3.8) is 0 Å². The standard InChI is InChI=1S/C11H14N2O2/c1-8-2-3-9(5-12-8)6-13-7-10(14)4-11(13)15/h2-3,5,10,14H,4,6-7H2,1H3. The minimum absolute atomic E-state index is 0.0167. The van der Waals surface area contributed by atoms with Crippen LogP contribution in [0.15, 0.2) is 18.3 Å². The first-order chi connectivity index (χ1) is 7.15. The van der Waals surface area contributed by atoms with E-state index in [-0.39, 0.29) is 12.3 Å². The van der Waals surface area contributed by atoms with Crippen LogP contribution in [0.3, 0.4) is 0 Å². The molecule has 80 valence electrons. The Hall–Kier alpha value is -1.42. The van der Waals surface area contributed by atoms with E-state index in [1.807, 2.05) is 19.1 Å². The number of carbonyl (C=O) groups is 1. The van der Waals surface area contributed by atoms with Crippen LogP contribution in [0.5, 0.6) is 0 Å². The maximum atomic E-state index is 11.4. The highest BCUT2D eigenvalue weighted by atomic mass is 16.3. The molecule has 1 aromatic rings. The first kappa shape index (κ1) is 10.1. The van der Waals surface area contributed by atoms with Crippen molar-refractivity contribution in [3.05, 3.63) is 29.6 Å². The van der Waals surface area contributed by atoms with Gasteiger partial charge in [-0.05, 0) is 18.6 Å². The van der Waals surface area contributed by atoms with Crippen LogP contribution in [-0.2, 0) is 11.3 Å². The molecule has 1 N–H and O–H groups in total. The van der Waals surface area contributed by atoms with Gasteiger partial charge in [0, 0.05) is 25.0 Å². The number of nitrogens with zero attached hydrogens (tertiary/aromatic N) is 2. The minimum Gasteiger partial charge on any atom is -0.391 e. The third-order valence-electron chi connectivity index (χ3n) is 2.54. The minimum atomic E-state index is -0.504. The van der Waals surface area contributed by atoms with Crippen LogP contribution in [-0.4, -0.2) is 33.5 Å². The average Bonchev–Trinajstić information content (AvgIpc) is 2.49. The van der Waals surface area contributed by atoms with Crippen LogP contribution < -0.4 is 0 Å². The molecule has 0 aliphatic carbocycles. The first-order valence-corrected chi connectivity index (χ1v) is 5.02. The Morgan fingerprint density at radius 3 is 2.93 bits per heavy atom. The van der Waals surface area contributed by atoms with Crippen LogP contribution in [0.25, 0.3) is 0 Å². The number of aromatic nitrogens is 1. The lowest BCUT2D eigenvalue weighted by atomic mass is 10.2. The van der Waals surface area contributed by atoms with E-state index in [0.29, 0.717) is 13.1 Å². The Morgan fingerprint density at radius 2 is 2.40 bits per heavy atom. The monoisotopic (exact) mass is 206 g/mol. The van der Waals surface area contributed by atoms with Crippen molar-refractivity contribution in [1.82, 2.24) is 9.88 Å². The maximum Gasteiger partial charge on any atom is 0.225 e. The number of β-amino-alcohol motifs (C(OH)–C–C–N with tert-alkyl or cyclic N) is 1. The van der Waals surface area contributed by atoms with Crippen molar-refractivity contribution in [2.75, 3.05) is 6.54 Å². The highest BCUT2D eigenvalue weighted by Crippen LogP contribution is 2.14. The summed E-state index contributed by atoms with van der Waals surface area (Å²) < 4.78 is 0. The highest BCUT2D eigenvalue weighted by molar-refractivity contribution is 5.78. The number of hydrogen-bond donors (Lipinski definition) is 1. The van der Waals surface area contributed by atoms with E-state index in [1.165, 1.54) is 0 Å². The molecule has 1 aromatic heterocycles. The second kappa shape index (κ2) is 3.98. The topological polar surface area (TPSA) is 53.4 Å². The SMILES string of the molecule is Cc1ccc(CN2CC(O)CC2=O)cn1. The Kier molecular flexibility index (Phi) is 2.68. The maximum absolute atomic E-state index is 11.4. The summed E-state index contributed by atoms with van der Waals surface area (Å²) in [5.41, 5.74) is 1.97. The van der Waals surface area contributed by atoms with Gasteiger partial charge in [0.15, 0.2) is 0 Å². The average molecular weight is 206 g/mol. The van der Waals surface area contributed by atoms with Gasteiger partial charge in [0.25, 0.3) is 0 Å². The lowest BCUT2D eigenvalue weighted by molar-refractivity contribution is -0.128. The predicted molar refractivity (Wildman–Crippen MR) is 55.0 cm³/mol. The fourth-order valence-electron chi connectivity index (χ4n) is 1.72. The van der Waals surface area contributed by atoms with Crippen molar-refractivity contribution in [2.24, 2.45) is 0 Å². The third kappa shape index (κ3) is 2.33. The van der Waals surface area contributed by atoms with Gasteiger partial charge in [0.2, 0.25) is 5.91 Å². The zero-order valence-corrected chi connectivity index (χ0v) is 8.68. The van der Waals surface area contributed by atoms with Crippen LogP contribution >= 0.6 is 0 Å². The quantitative estimate of drug-likeness (QED) is 0.766. The largest absolute Gasteiger partial charge is 0.391 e. The zero-order valence-electron chi connectivity index (χ0n) is 8.68. The smallest absolute Gasteiger partial charge is 0.225 e. The van der Waals surface area contributed by atoms with Gasteiger partial charge in [-0.15, -0.1) is 0 Å². The van der Waals surface area contributed by atoms with Crippen molar-refractivity contribution in [2.45, 2.75) is 26.0 Å². The lowest BCUT2D eigenvalue weighted by Gasteiger charge is -2.15. The van der Waals surface area contributed by atoms with E-state index in [1.54, 1.807) is 11.1 Å². The summed E-state index contributed by atoms with van der Waals surface area (Å²) in [7, 11) is 0. The molecule has 1 saturated heterocycles. The number of aliphatic hydroxyl groups is 1. The molecule has 4 heteroatoms. The normalized spacial score (nSPS) is 21.1. The molecular weight excluding hydrogens is 192 g/mol. The van der Waals surface area contributed by atoms with Gasteiger partial charge in [-0.2, -0.15) is 0 Å². The molecule has 1 aliphatic rings. The molecule has 2 heterocycles. The van der Waals surface area contributed by atoms with Crippen molar-refractivity contribution < 1.29 is 9.90 Å². The summed E-state index contributed by atoms with van der Waals surface area (Å²) in [5.74, 6) is 0.0167. The number of amides is 1. The molecule has 1 fully saturated rings. The van der Waals surface area contributed by atoms with Gasteiger partial charge in [-0.25, -0.2) is 0 Å². The molecule has 1 amide bonds. The zero-order chi connectivity index (χ0) is 10.8. The lowest BCUT2D eigenvalue weighted by Crippen LogP contribution is -2.25. The van der Waals surface area contributed by atoms with E-state index in [0.717, 1.165) is 11.3 Å². The van der Waals surface area contributed by atoms with Gasteiger partial charge in [-0.1, -0.05) is 6.07 Å². The number of aliphatic hydroxyl groups excluding tert-OH is 1. The summed E-state index contributed by atoms with van der Waals surface area (Å²) in [6.45, 7) is 2.91. The summed E-state index contributed by atoms with van der Waals surface area (Å²) in [5, 5.41) is 9.31. The predicted octanol–water partition coefficient (Wildman–Crippen LogP) is 0.483. The number of aryl methyl sites for hydroxylation is 1. The molecule has 1 aliphatic heterocycles. The molecule has 0 spiro atoms. The van der Waals surface area contributed by atoms with E-state index >= 15 is 0 Å². The van der Waals surface area contributed by atoms with Gasteiger partial charge < -0.3 is 10.0 Å². The highest BCUT2D eigenvalue weighted by Gasteiger charge is 2.27. The summed E-state index contributed by atoms with van der Waals surface area (Å²) in [6, 6.07) is 3.88. The van der Waals surface area contributed by atoms with E-state index in [2.05, 4.69) is 4.98 Å². The Bertz CT molecular complexity index is 361. The van der Waals surface area contributed by atoms with Crippen molar-refractivity contribution in [3.8, 4) is 0 Å². The molecule has 2 rings (SSSR count). The molecule has 0 bridgehead atoms. The van der Waals surface area contributed by atoms with Crippen molar-refractivity contribution >= 4 is 5.91 Å². The first-order valence-electron chi connectivity index (χ1n) is 5.02. The van der Waals surface area contributed by atoms with Gasteiger partial charge in [0.05, 0.1) is 12.5 Å². The molecule has 1 unspecified atom stereocenters. The van der Waals surface area contributed by atoms with Crippen LogP contribution in [0.2, 0.25) is 0 Å². The Labute approximate surface area is 88.6 Å². The molecule has 1 atom stereocenters. The van der Waals surface area contributed by atoms with E-state index in [4.69, 9.17) is 0 Å². The van der Waals surface area contributed by atoms with E-state index < -0.39 is 6.10 Å². The van der Waals surface area contributed by atoms with Crippen LogP contribution in [0.4, 0.5) is 0 Å². The molecular formula is C11H14N2O2. The summed E-state index contributed by atoms with van der Waals surface area (Å²) in [4.78, 5) is 17.2. The molecule has 15 heavy (non-hydrogen) atoms. The second-order valence-electron chi connectivity index (χ2n) is 3.94. The fourth-order valence-corrected chi connectivity index (χ4v) is 1.72.